The number of fused-ring (bicyclic) bond motifs is 2. The molecule has 1 aliphatic heterocycles. The summed E-state index contributed by atoms with van der Waals surface area (Å²) in [5.41, 5.74) is 1.42. The zero-order valence-electron chi connectivity index (χ0n) is 19.7. The number of halogens is 1. The Kier molecular flexibility index (Phi) is 7.28. The van der Waals surface area contributed by atoms with Gasteiger partial charge in [0.25, 0.3) is 11.8 Å². The van der Waals surface area contributed by atoms with Crippen molar-refractivity contribution in [2.24, 2.45) is 0 Å². The van der Waals surface area contributed by atoms with Gasteiger partial charge in [-0.2, -0.15) is 0 Å². The van der Waals surface area contributed by atoms with Gasteiger partial charge in [0.2, 0.25) is 9.84 Å². The van der Waals surface area contributed by atoms with Gasteiger partial charge in [-0.3, -0.25) is 9.59 Å². The van der Waals surface area contributed by atoms with Crippen LogP contribution < -0.4 is 4.90 Å². The van der Waals surface area contributed by atoms with Crippen LogP contribution in [0.15, 0.2) is 76.5 Å². The highest BCUT2D eigenvalue weighted by Crippen LogP contribution is 2.38. The zero-order valence-corrected chi connectivity index (χ0v) is 21.3. The van der Waals surface area contributed by atoms with Gasteiger partial charge in [-0.15, -0.1) is 0 Å². The lowest BCUT2D eigenvalue weighted by molar-refractivity contribution is 0.0755. The molecule has 0 aliphatic carbocycles. The molecule has 0 fully saturated rings. The molecule has 0 N–H and O–H groups in total. The first-order chi connectivity index (χ1) is 16.8. The molecule has 3 aromatic rings. The van der Waals surface area contributed by atoms with Gasteiger partial charge in [0.15, 0.2) is 0 Å². The number of hydrogen-bond donors (Lipinski definition) is 0. The number of amides is 2. The number of carbonyl (C=O) groups excluding carboxylic acids is 2. The molecule has 0 radical (unpaired) electrons. The molecular formula is C27H27ClN2O4S. The number of carbonyl (C=O) groups is 2. The second-order valence-electron chi connectivity index (χ2n) is 8.49. The average Bonchev–Trinajstić information content (AvgIpc) is 2.93. The van der Waals surface area contributed by atoms with Gasteiger partial charge in [-0.05, 0) is 60.9 Å². The van der Waals surface area contributed by atoms with Crippen molar-refractivity contribution in [1.29, 1.82) is 0 Å². The van der Waals surface area contributed by atoms with Crippen molar-refractivity contribution >= 4 is 38.9 Å². The van der Waals surface area contributed by atoms with E-state index < -0.39 is 15.7 Å². The van der Waals surface area contributed by atoms with E-state index in [2.05, 4.69) is 0 Å². The van der Waals surface area contributed by atoms with Crippen LogP contribution in [-0.4, -0.2) is 38.2 Å². The fourth-order valence-corrected chi connectivity index (χ4v) is 6.06. The lowest BCUT2D eigenvalue weighted by atomic mass is 10.1. The van der Waals surface area contributed by atoms with Crippen LogP contribution in [0.3, 0.4) is 0 Å². The molecule has 2 amide bonds. The number of rotatable bonds is 7. The predicted molar refractivity (Wildman–Crippen MR) is 137 cm³/mol. The largest absolute Gasteiger partial charge is 0.339 e. The second kappa shape index (κ2) is 10.2. The first kappa shape index (κ1) is 24.9. The minimum absolute atomic E-state index is 0.00107. The SMILES string of the molecule is CCCN(CCC)C(=O)c1ccc2c(c1)N(Cc1ccc(Cl)cc1)C(=O)c1ccccc1S2(=O)=O. The van der Waals surface area contributed by atoms with E-state index in [1.54, 1.807) is 41.3 Å². The predicted octanol–water partition coefficient (Wildman–Crippen LogP) is 5.60. The fraction of sp³-hybridized carbons (Fsp3) is 0.259. The molecule has 8 heteroatoms. The van der Waals surface area contributed by atoms with Gasteiger partial charge in [-0.1, -0.05) is 49.7 Å². The normalized spacial score (nSPS) is 14.1. The molecule has 0 unspecified atom stereocenters. The van der Waals surface area contributed by atoms with Crippen molar-refractivity contribution in [3.8, 4) is 0 Å². The molecule has 6 nitrogen and oxygen atoms in total. The molecule has 35 heavy (non-hydrogen) atoms. The summed E-state index contributed by atoms with van der Waals surface area (Å²) >= 11 is 6.03. The first-order valence-electron chi connectivity index (χ1n) is 11.6. The molecule has 4 rings (SSSR count). The molecule has 0 spiro atoms. The van der Waals surface area contributed by atoms with Gasteiger partial charge >= 0.3 is 0 Å². The number of benzene rings is 3. The van der Waals surface area contributed by atoms with E-state index in [1.807, 2.05) is 13.8 Å². The summed E-state index contributed by atoms with van der Waals surface area (Å²) in [5.74, 6) is -0.629. The lowest BCUT2D eigenvalue weighted by Crippen LogP contribution is -2.33. The Labute approximate surface area is 211 Å². The highest BCUT2D eigenvalue weighted by Gasteiger charge is 2.36. The minimum atomic E-state index is -3.99. The Morgan fingerprint density at radius 2 is 1.57 bits per heavy atom. The second-order valence-corrected chi connectivity index (χ2v) is 10.8. The molecule has 0 atom stereocenters. The lowest BCUT2D eigenvalue weighted by Gasteiger charge is -2.25. The summed E-state index contributed by atoms with van der Waals surface area (Å²) in [6, 6.07) is 17.7. The monoisotopic (exact) mass is 510 g/mol. The first-order valence-corrected chi connectivity index (χ1v) is 13.5. The average molecular weight is 511 g/mol. The van der Waals surface area contributed by atoms with Gasteiger partial charge < -0.3 is 9.80 Å². The van der Waals surface area contributed by atoms with Crippen molar-refractivity contribution in [2.75, 3.05) is 18.0 Å². The van der Waals surface area contributed by atoms with E-state index in [4.69, 9.17) is 11.6 Å². The molecular weight excluding hydrogens is 484 g/mol. The van der Waals surface area contributed by atoms with Crippen molar-refractivity contribution < 1.29 is 18.0 Å². The maximum Gasteiger partial charge on any atom is 0.259 e. The maximum absolute atomic E-state index is 13.7. The summed E-state index contributed by atoms with van der Waals surface area (Å²) in [4.78, 5) is 30.2. The molecule has 182 valence electrons. The standard InChI is InChI=1S/C27H27ClN2O4S/c1-3-15-29(16-4-2)26(31)20-11-14-25-23(17-20)30(18-19-9-12-21(28)13-10-19)27(32)22-7-5-6-8-24(22)35(25,33)34/h5-14,17H,3-4,15-16,18H2,1-2H3. The van der Waals surface area contributed by atoms with Crippen LogP contribution in [0, 0.1) is 0 Å². The van der Waals surface area contributed by atoms with Gasteiger partial charge in [-0.25, -0.2) is 8.42 Å². The zero-order chi connectivity index (χ0) is 25.2. The summed E-state index contributed by atoms with van der Waals surface area (Å²) in [5, 5.41) is 0.559. The Morgan fingerprint density at radius 1 is 0.914 bits per heavy atom. The van der Waals surface area contributed by atoms with E-state index >= 15 is 0 Å². The highest BCUT2D eigenvalue weighted by atomic mass is 35.5. The molecule has 0 aromatic heterocycles. The molecule has 1 aliphatic rings. The third-order valence-electron chi connectivity index (χ3n) is 5.97. The van der Waals surface area contributed by atoms with Crippen LogP contribution >= 0.6 is 11.6 Å². The van der Waals surface area contributed by atoms with Crippen LogP contribution in [0.5, 0.6) is 0 Å². The number of sulfone groups is 1. The number of anilines is 1. The van der Waals surface area contributed by atoms with Crippen molar-refractivity contribution in [2.45, 2.75) is 43.0 Å². The topological polar surface area (TPSA) is 74.8 Å². The summed E-state index contributed by atoms with van der Waals surface area (Å²) in [6.45, 7) is 5.33. The van der Waals surface area contributed by atoms with E-state index in [1.165, 1.54) is 35.2 Å². The van der Waals surface area contributed by atoms with Gasteiger partial charge in [0.1, 0.15) is 0 Å². The summed E-state index contributed by atoms with van der Waals surface area (Å²) < 4.78 is 27.3. The van der Waals surface area contributed by atoms with E-state index in [0.717, 1.165) is 18.4 Å². The summed E-state index contributed by atoms with van der Waals surface area (Å²) in [7, 11) is -3.99. The molecule has 3 aromatic carbocycles. The summed E-state index contributed by atoms with van der Waals surface area (Å²) in [6.07, 6.45) is 1.61. The Morgan fingerprint density at radius 3 is 2.23 bits per heavy atom. The third kappa shape index (κ3) is 4.83. The molecule has 0 saturated carbocycles. The van der Waals surface area contributed by atoms with Crippen molar-refractivity contribution in [3.05, 3.63) is 88.4 Å². The Balaban J connectivity index is 1.89. The highest BCUT2D eigenvalue weighted by molar-refractivity contribution is 7.91. The third-order valence-corrected chi connectivity index (χ3v) is 8.08. The Hall–Kier alpha value is -3.16. The Bertz CT molecular complexity index is 1360. The van der Waals surface area contributed by atoms with Crippen LogP contribution in [0.1, 0.15) is 53.0 Å². The quantitative estimate of drug-likeness (QED) is 0.415. The molecule has 0 saturated heterocycles. The van der Waals surface area contributed by atoms with Gasteiger partial charge in [0.05, 0.1) is 27.6 Å². The fourth-order valence-electron chi connectivity index (χ4n) is 4.31. The molecule has 1 heterocycles. The van der Waals surface area contributed by atoms with Crippen LogP contribution in [0.25, 0.3) is 0 Å². The van der Waals surface area contributed by atoms with Crippen molar-refractivity contribution in [3.63, 3.8) is 0 Å². The van der Waals surface area contributed by atoms with Crippen LogP contribution in [0.2, 0.25) is 5.02 Å². The van der Waals surface area contributed by atoms with E-state index in [9.17, 15) is 18.0 Å². The van der Waals surface area contributed by atoms with E-state index in [-0.39, 0.29) is 33.5 Å². The van der Waals surface area contributed by atoms with Crippen LogP contribution in [0.4, 0.5) is 5.69 Å². The number of hydrogen-bond acceptors (Lipinski definition) is 4. The smallest absolute Gasteiger partial charge is 0.259 e. The minimum Gasteiger partial charge on any atom is -0.339 e. The number of nitrogens with zero attached hydrogens (tertiary/aromatic N) is 2. The van der Waals surface area contributed by atoms with Gasteiger partial charge in [0, 0.05) is 23.7 Å². The molecule has 0 bridgehead atoms. The van der Waals surface area contributed by atoms with Crippen molar-refractivity contribution in [1.82, 2.24) is 4.90 Å². The maximum atomic E-state index is 13.7. The van der Waals surface area contributed by atoms with Crippen LogP contribution in [-0.2, 0) is 16.4 Å². The van der Waals surface area contributed by atoms with E-state index in [0.29, 0.717) is 23.7 Å².